The van der Waals surface area contributed by atoms with E-state index >= 15 is 0 Å². The number of ether oxygens (including phenoxy) is 4. The maximum atomic E-state index is 13.1. The fourth-order valence-corrected chi connectivity index (χ4v) is 12.1. The molecule has 0 aromatic carbocycles. The van der Waals surface area contributed by atoms with Gasteiger partial charge < -0.3 is 33.8 Å². The van der Waals surface area contributed by atoms with Crippen LogP contribution in [0.4, 0.5) is 0 Å². The van der Waals surface area contributed by atoms with Gasteiger partial charge in [-0.05, 0) is 103 Å². The second-order valence-electron chi connectivity index (χ2n) is 26.3. The van der Waals surface area contributed by atoms with Crippen LogP contribution in [0.5, 0.6) is 0 Å². The predicted molar refractivity (Wildman–Crippen MR) is 409 cm³/mol. The van der Waals surface area contributed by atoms with Crippen LogP contribution in [0.25, 0.3) is 0 Å². The zero-order chi connectivity index (χ0) is 73.2. The number of esters is 4. The van der Waals surface area contributed by atoms with Gasteiger partial charge in [-0.3, -0.25) is 37.3 Å². The molecule has 0 saturated heterocycles. The Bertz CT molecular complexity index is 2270. The lowest BCUT2D eigenvalue weighted by Crippen LogP contribution is -2.30. The molecule has 0 spiro atoms. The van der Waals surface area contributed by atoms with Crippen molar-refractivity contribution in [3.8, 4) is 0 Å². The van der Waals surface area contributed by atoms with Crippen LogP contribution >= 0.6 is 15.6 Å². The van der Waals surface area contributed by atoms with Crippen LogP contribution in [0, 0.1) is 0 Å². The van der Waals surface area contributed by atoms with Crippen molar-refractivity contribution in [3.05, 3.63) is 97.2 Å². The SMILES string of the molecule is CCCCC/C=C\C/C=C\C/C=C\C/C=C\CCCC(=O)OC[C@H](COP(=O)(O)OC[C@H](O)COP(=O)(O)OC[C@@H](COC(=O)CCCCCCCCCCCCCCC)OC(=O)CCCCCCCCCCCCCCC)OC(=O)CCC/C=C\C/C=C\C/C=C\C/C=C\CCCCC. The molecule has 0 aliphatic carbocycles. The van der Waals surface area contributed by atoms with Crippen LogP contribution in [-0.4, -0.2) is 96.7 Å². The molecule has 0 radical (unpaired) electrons. The van der Waals surface area contributed by atoms with Crippen LogP contribution in [0.15, 0.2) is 97.2 Å². The standard InChI is InChI=1S/C81H142O17P2/c1-5-9-13-17-21-25-29-33-35-37-39-43-46-50-54-58-62-66-79(84)92-72-77(98-81(86)68-64-60-56-52-48-44-40-38-36-34-30-26-22-18-14-10-6-2)74-96-100(89,90)94-70-75(82)69-93-99(87,88)95-73-76(97-80(85)67-63-59-55-51-47-42-32-28-24-20-16-12-8-4)71-91-78(83)65-61-57-53-49-45-41-31-27-23-19-15-11-7-3/h21-22,25-26,33-36,39-40,43-44,50,52,54,56,75-77,82H,5-20,23-24,27-32,37-38,41-42,45-49,51,53,55,57-74H2,1-4H3,(H,87,88)(H,89,90)/b25-21-,26-22-,35-33-,36-34-,43-39-,44-40-,54-50-,56-52-/t75-,76-,77-/m1/s1. The Morgan fingerprint density at radius 3 is 0.800 bits per heavy atom. The summed E-state index contributed by atoms with van der Waals surface area (Å²) in [4.78, 5) is 72.9. The molecule has 0 aromatic heterocycles. The summed E-state index contributed by atoms with van der Waals surface area (Å²) in [5.41, 5.74) is 0. The fraction of sp³-hybridized carbons (Fsp3) is 0.753. The van der Waals surface area contributed by atoms with Gasteiger partial charge >= 0.3 is 39.5 Å². The minimum Gasteiger partial charge on any atom is -0.462 e. The molecule has 0 saturated carbocycles. The van der Waals surface area contributed by atoms with E-state index < -0.39 is 97.5 Å². The van der Waals surface area contributed by atoms with Crippen molar-refractivity contribution in [1.29, 1.82) is 0 Å². The topological polar surface area (TPSA) is 237 Å². The van der Waals surface area contributed by atoms with Gasteiger partial charge in [0.2, 0.25) is 0 Å². The molecule has 19 heteroatoms. The fourth-order valence-electron chi connectivity index (χ4n) is 10.5. The van der Waals surface area contributed by atoms with Gasteiger partial charge in [0.15, 0.2) is 12.2 Å². The van der Waals surface area contributed by atoms with E-state index in [0.717, 1.165) is 96.3 Å². The zero-order valence-electron chi connectivity index (χ0n) is 63.1. The van der Waals surface area contributed by atoms with Gasteiger partial charge in [-0.15, -0.1) is 0 Å². The molecule has 0 aliphatic heterocycles. The summed E-state index contributed by atoms with van der Waals surface area (Å²) < 4.78 is 68.4. The number of aliphatic hydroxyl groups excluding tert-OH is 1. The lowest BCUT2D eigenvalue weighted by Gasteiger charge is -2.21. The van der Waals surface area contributed by atoms with Crippen LogP contribution < -0.4 is 0 Å². The maximum absolute atomic E-state index is 13.1. The first-order valence-electron chi connectivity index (χ1n) is 39.5. The van der Waals surface area contributed by atoms with E-state index in [1.165, 1.54) is 148 Å². The third kappa shape index (κ3) is 72.3. The van der Waals surface area contributed by atoms with Gasteiger partial charge in [-0.2, -0.15) is 0 Å². The molecular weight excluding hydrogens is 1310 g/mol. The molecule has 3 N–H and O–H groups in total. The molecular formula is C81H142O17P2. The Kier molecular flexibility index (Phi) is 70.4. The number of carbonyl (C=O) groups excluding carboxylic acids is 4. The summed E-state index contributed by atoms with van der Waals surface area (Å²) in [5.74, 6) is -2.29. The minimum absolute atomic E-state index is 0.00775. The first kappa shape index (κ1) is 96.0. The van der Waals surface area contributed by atoms with E-state index in [1.807, 2.05) is 24.3 Å². The van der Waals surface area contributed by atoms with E-state index in [1.54, 1.807) is 0 Å². The van der Waals surface area contributed by atoms with Gasteiger partial charge in [0.05, 0.1) is 26.4 Å². The first-order valence-corrected chi connectivity index (χ1v) is 42.5. The molecule has 0 bridgehead atoms. The first-order chi connectivity index (χ1) is 48.7. The van der Waals surface area contributed by atoms with Gasteiger partial charge in [0.1, 0.15) is 19.3 Å². The third-order valence-electron chi connectivity index (χ3n) is 16.6. The van der Waals surface area contributed by atoms with E-state index in [-0.39, 0.29) is 25.7 Å². The number of unbranched alkanes of at least 4 members (excludes halogenated alkanes) is 32. The third-order valence-corrected chi connectivity index (χ3v) is 18.5. The van der Waals surface area contributed by atoms with Gasteiger partial charge in [0, 0.05) is 25.7 Å². The summed E-state index contributed by atoms with van der Waals surface area (Å²) >= 11 is 0. The normalized spacial score (nSPS) is 14.4. The van der Waals surface area contributed by atoms with Crippen molar-refractivity contribution in [2.45, 2.75) is 354 Å². The number of phosphoric acid groups is 2. The second kappa shape index (κ2) is 73.3. The summed E-state index contributed by atoms with van der Waals surface area (Å²) in [6.07, 6.45) is 76.9. The smallest absolute Gasteiger partial charge is 0.462 e. The lowest BCUT2D eigenvalue weighted by atomic mass is 10.0. The molecule has 0 amide bonds. The molecule has 2 unspecified atom stereocenters. The number of rotatable bonds is 74. The quantitative estimate of drug-likeness (QED) is 0.0169. The van der Waals surface area contributed by atoms with Gasteiger partial charge in [-0.25, -0.2) is 9.13 Å². The summed E-state index contributed by atoms with van der Waals surface area (Å²) in [6.45, 7) is 4.73. The number of phosphoric ester groups is 2. The molecule has 0 aliphatic rings. The van der Waals surface area contributed by atoms with Crippen molar-refractivity contribution < 1.29 is 80.2 Å². The highest BCUT2D eigenvalue weighted by molar-refractivity contribution is 7.47. The highest BCUT2D eigenvalue weighted by atomic mass is 31.2. The Morgan fingerprint density at radius 1 is 0.280 bits per heavy atom. The number of aliphatic hydroxyl groups is 1. The minimum atomic E-state index is -5.00. The highest BCUT2D eigenvalue weighted by Gasteiger charge is 2.30. The summed E-state index contributed by atoms with van der Waals surface area (Å²) in [7, 11) is -9.98. The number of allylic oxidation sites excluding steroid dienone is 16. The van der Waals surface area contributed by atoms with Gasteiger partial charge in [0.25, 0.3) is 0 Å². The summed E-state index contributed by atoms with van der Waals surface area (Å²) in [5, 5.41) is 10.6. The molecule has 0 rings (SSSR count). The van der Waals surface area contributed by atoms with E-state index in [0.29, 0.717) is 38.5 Å². The van der Waals surface area contributed by atoms with Crippen LogP contribution in [0.3, 0.4) is 0 Å². The van der Waals surface area contributed by atoms with Crippen molar-refractivity contribution in [1.82, 2.24) is 0 Å². The predicted octanol–water partition coefficient (Wildman–Crippen LogP) is 22.8. The maximum Gasteiger partial charge on any atom is 0.472 e. The Balaban J connectivity index is 5.43. The molecule has 17 nitrogen and oxygen atoms in total. The molecule has 0 heterocycles. The lowest BCUT2D eigenvalue weighted by molar-refractivity contribution is -0.161. The van der Waals surface area contributed by atoms with E-state index in [9.17, 15) is 43.2 Å². The van der Waals surface area contributed by atoms with E-state index in [4.69, 9.17) is 37.0 Å². The van der Waals surface area contributed by atoms with Crippen molar-refractivity contribution >= 4 is 39.5 Å². The molecule has 0 fully saturated rings. The molecule has 5 atom stereocenters. The summed E-state index contributed by atoms with van der Waals surface area (Å²) in [6, 6.07) is 0. The molecule has 0 aromatic rings. The van der Waals surface area contributed by atoms with Crippen LogP contribution in [-0.2, 0) is 65.4 Å². The average molecular weight is 1450 g/mol. The number of hydrogen-bond acceptors (Lipinski definition) is 15. The van der Waals surface area contributed by atoms with Crippen LogP contribution in [0.1, 0.15) is 336 Å². The Morgan fingerprint density at radius 2 is 0.500 bits per heavy atom. The monoisotopic (exact) mass is 1450 g/mol. The molecule has 578 valence electrons. The number of hydrogen-bond donors (Lipinski definition) is 3. The number of carbonyl (C=O) groups is 4. The largest absolute Gasteiger partial charge is 0.472 e. The van der Waals surface area contributed by atoms with E-state index in [2.05, 4.69) is 101 Å². The van der Waals surface area contributed by atoms with Crippen molar-refractivity contribution in [2.24, 2.45) is 0 Å². The van der Waals surface area contributed by atoms with Crippen molar-refractivity contribution in [3.63, 3.8) is 0 Å². The zero-order valence-corrected chi connectivity index (χ0v) is 64.9. The highest BCUT2D eigenvalue weighted by Crippen LogP contribution is 2.45. The van der Waals surface area contributed by atoms with Gasteiger partial charge in [-0.1, -0.05) is 305 Å². The Hall–Kier alpha value is -4.02. The second-order valence-corrected chi connectivity index (χ2v) is 29.2. The average Bonchev–Trinajstić information content (AvgIpc) is 1.15. The van der Waals surface area contributed by atoms with Crippen LogP contribution in [0.2, 0.25) is 0 Å². The molecule has 100 heavy (non-hydrogen) atoms. The Labute approximate surface area is 607 Å². The van der Waals surface area contributed by atoms with Crippen molar-refractivity contribution in [2.75, 3.05) is 39.6 Å².